The molecule has 0 radical (unpaired) electrons. The highest BCUT2D eigenvalue weighted by atomic mass is 15.1. The van der Waals surface area contributed by atoms with Gasteiger partial charge in [-0.25, -0.2) is 0 Å². The molecule has 1 saturated heterocycles. The monoisotopic (exact) mass is 478 g/mol. The quantitative estimate of drug-likeness (QED) is 0.320. The summed E-state index contributed by atoms with van der Waals surface area (Å²) in [6.07, 6.45) is 10.4. The standard InChI is InChI=1S/C30H34N6/c1-36-17-13-23(14-18-36)32-22-11-15-30(31,16-12-22)28-20-27(34-35-28)29-25(19-21-7-3-2-4-8-21)24-9-5-6-10-26(24)33-29/h2-12,15,20,23,32-33H,13-14,16-19,31H2,1H3,(H,34,35). The molecule has 6 heteroatoms. The van der Waals surface area contributed by atoms with Crippen molar-refractivity contribution in [1.82, 2.24) is 25.4 Å². The number of aromatic amines is 2. The average molecular weight is 479 g/mol. The van der Waals surface area contributed by atoms with Crippen molar-refractivity contribution >= 4 is 10.9 Å². The maximum Gasteiger partial charge on any atom is 0.109 e. The second-order valence-electron chi connectivity index (χ2n) is 10.3. The van der Waals surface area contributed by atoms with Crippen molar-refractivity contribution in [3.63, 3.8) is 0 Å². The molecular formula is C30H34N6. The van der Waals surface area contributed by atoms with Gasteiger partial charge in [0.15, 0.2) is 0 Å². The van der Waals surface area contributed by atoms with Crippen LogP contribution in [0.15, 0.2) is 84.6 Å². The van der Waals surface area contributed by atoms with Crippen molar-refractivity contribution in [2.75, 3.05) is 20.1 Å². The van der Waals surface area contributed by atoms with E-state index in [1.165, 1.54) is 35.1 Å². The van der Waals surface area contributed by atoms with Gasteiger partial charge in [-0.1, -0.05) is 60.7 Å². The van der Waals surface area contributed by atoms with Crippen LogP contribution < -0.4 is 11.1 Å². The van der Waals surface area contributed by atoms with E-state index in [1.54, 1.807) is 0 Å². The smallest absolute Gasteiger partial charge is 0.109 e. The predicted molar refractivity (Wildman–Crippen MR) is 146 cm³/mol. The number of hydrogen-bond donors (Lipinski definition) is 4. The number of nitrogens with two attached hydrogens (primary N) is 1. The summed E-state index contributed by atoms with van der Waals surface area (Å²) in [6.45, 7) is 2.29. The number of nitrogens with one attached hydrogen (secondary N) is 3. The molecule has 36 heavy (non-hydrogen) atoms. The summed E-state index contributed by atoms with van der Waals surface area (Å²) in [5.74, 6) is 0. The van der Waals surface area contributed by atoms with Gasteiger partial charge in [0.1, 0.15) is 5.69 Å². The van der Waals surface area contributed by atoms with Gasteiger partial charge in [-0.15, -0.1) is 0 Å². The van der Waals surface area contributed by atoms with E-state index in [2.05, 4.69) is 106 Å². The van der Waals surface area contributed by atoms with Gasteiger partial charge < -0.3 is 20.9 Å². The summed E-state index contributed by atoms with van der Waals surface area (Å²) < 4.78 is 0. The van der Waals surface area contributed by atoms with E-state index < -0.39 is 5.54 Å². The highest BCUT2D eigenvalue weighted by molar-refractivity contribution is 5.90. The van der Waals surface area contributed by atoms with Crippen LogP contribution in [-0.4, -0.2) is 46.3 Å². The second kappa shape index (κ2) is 9.45. The Hall–Kier alpha value is -3.61. The Morgan fingerprint density at radius 3 is 2.64 bits per heavy atom. The SMILES string of the molecule is CN1CCC(NC2=CCC(N)(c3cc(-c4[nH]c5ccccc5c4Cc4ccccc4)n[nH]3)C=C2)CC1. The van der Waals surface area contributed by atoms with E-state index in [-0.39, 0.29) is 0 Å². The van der Waals surface area contributed by atoms with Gasteiger partial charge in [0, 0.05) is 29.1 Å². The predicted octanol–water partition coefficient (Wildman–Crippen LogP) is 4.83. The molecule has 2 aromatic heterocycles. The lowest BCUT2D eigenvalue weighted by atomic mass is 9.87. The van der Waals surface area contributed by atoms with E-state index in [0.717, 1.165) is 48.5 Å². The molecule has 4 aromatic rings. The van der Waals surface area contributed by atoms with E-state index in [4.69, 9.17) is 10.8 Å². The number of aromatic nitrogens is 3. The lowest BCUT2D eigenvalue weighted by Gasteiger charge is -2.32. The summed E-state index contributed by atoms with van der Waals surface area (Å²) in [6, 6.07) is 21.7. The largest absolute Gasteiger partial charge is 0.382 e. The first-order valence-corrected chi connectivity index (χ1v) is 12.9. The number of fused-ring (bicyclic) bond motifs is 1. The lowest BCUT2D eigenvalue weighted by Crippen LogP contribution is -2.41. The number of para-hydroxylation sites is 1. The molecule has 6 nitrogen and oxygen atoms in total. The van der Waals surface area contributed by atoms with Gasteiger partial charge in [-0.2, -0.15) is 5.10 Å². The van der Waals surface area contributed by atoms with Crippen molar-refractivity contribution in [1.29, 1.82) is 0 Å². The molecule has 0 spiro atoms. The van der Waals surface area contributed by atoms with E-state index in [0.29, 0.717) is 6.04 Å². The molecule has 0 amide bonds. The number of hydrogen-bond acceptors (Lipinski definition) is 4. The number of likely N-dealkylation sites (tertiary alicyclic amines) is 1. The van der Waals surface area contributed by atoms with Crippen LogP contribution in [0.4, 0.5) is 0 Å². The topological polar surface area (TPSA) is 85.8 Å². The number of rotatable bonds is 6. The van der Waals surface area contributed by atoms with Crippen LogP contribution in [0, 0.1) is 0 Å². The Labute approximate surface area is 212 Å². The maximum atomic E-state index is 6.87. The van der Waals surface area contributed by atoms with Gasteiger partial charge in [-0.3, -0.25) is 5.10 Å². The zero-order chi connectivity index (χ0) is 24.5. The zero-order valence-corrected chi connectivity index (χ0v) is 20.8. The third-order valence-corrected chi connectivity index (χ3v) is 7.68. The fraction of sp³-hybridized carbons (Fsp3) is 0.300. The Morgan fingerprint density at radius 1 is 1.08 bits per heavy atom. The van der Waals surface area contributed by atoms with Gasteiger partial charge in [0.25, 0.3) is 0 Å². The molecule has 1 aliphatic heterocycles. The van der Waals surface area contributed by atoms with Gasteiger partial charge in [0.05, 0.1) is 16.9 Å². The van der Waals surface area contributed by atoms with Crippen molar-refractivity contribution in [3.05, 3.63) is 101 Å². The van der Waals surface area contributed by atoms with Crippen LogP contribution >= 0.6 is 0 Å². The number of H-pyrrole nitrogens is 2. The van der Waals surface area contributed by atoms with Crippen molar-refractivity contribution in [2.24, 2.45) is 5.73 Å². The Morgan fingerprint density at radius 2 is 1.86 bits per heavy atom. The van der Waals surface area contributed by atoms with Crippen molar-refractivity contribution in [3.8, 4) is 11.4 Å². The van der Waals surface area contributed by atoms with Crippen molar-refractivity contribution < 1.29 is 0 Å². The number of nitrogens with zero attached hydrogens (tertiary/aromatic N) is 2. The second-order valence-corrected chi connectivity index (χ2v) is 10.3. The van der Waals surface area contributed by atoms with Crippen LogP contribution in [0.2, 0.25) is 0 Å². The highest BCUT2D eigenvalue weighted by Gasteiger charge is 2.29. The summed E-state index contributed by atoms with van der Waals surface area (Å²) in [5.41, 5.74) is 14.0. The maximum absolute atomic E-state index is 6.87. The molecule has 5 N–H and O–H groups in total. The summed E-state index contributed by atoms with van der Waals surface area (Å²) in [5, 5.41) is 12.9. The first kappa shape index (κ1) is 22.8. The number of allylic oxidation sites excluding steroid dienone is 1. The van der Waals surface area contributed by atoms with Gasteiger partial charge in [-0.05, 0) is 68.7 Å². The first-order valence-electron chi connectivity index (χ1n) is 12.9. The van der Waals surface area contributed by atoms with E-state index >= 15 is 0 Å². The Bertz CT molecular complexity index is 1400. The number of piperidine rings is 1. The molecule has 1 fully saturated rings. The summed E-state index contributed by atoms with van der Waals surface area (Å²) in [7, 11) is 2.19. The van der Waals surface area contributed by atoms with Crippen molar-refractivity contribution in [2.45, 2.75) is 37.3 Å². The third-order valence-electron chi connectivity index (χ3n) is 7.68. The Kier molecular flexibility index (Phi) is 5.99. The molecule has 184 valence electrons. The van der Waals surface area contributed by atoms with E-state index in [9.17, 15) is 0 Å². The zero-order valence-electron chi connectivity index (χ0n) is 20.8. The van der Waals surface area contributed by atoms with Crippen LogP contribution in [0.25, 0.3) is 22.3 Å². The van der Waals surface area contributed by atoms with Gasteiger partial charge >= 0.3 is 0 Å². The molecule has 2 aliphatic rings. The molecular weight excluding hydrogens is 444 g/mol. The van der Waals surface area contributed by atoms with Crippen LogP contribution in [0.5, 0.6) is 0 Å². The molecule has 6 rings (SSSR count). The first-order chi connectivity index (χ1) is 17.6. The molecule has 2 aromatic carbocycles. The average Bonchev–Trinajstić information content (AvgIpc) is 3.54. The molecule has 0 saturated carbocycles. The van der Waals surface area contributed by atoms with Crippen LogP contribution in [0.3, 0.4) is 0 Å². The minimum absolute atomic E-state index is 0.533. The molecule has 1 atom stereocenters. The normalized spacial score (nSPS) is 21.1. The summed E-state index contributed by atoms with van der Waals surface area (Å²) >= 11 is 0. The Balaban J connectivity index is 1.24. The molecule has 3 heterocycles. The fourth-order valence-corrected chi connectivity index (χ4v) is 5.44. The van der Waals surface area contributed by atoms with Gasteiger partial charge in [0.2, 0.25) is 0 Å². The molecule has 0 bridgehead atoms. The van der Waals surface area contributed by atoms with Crippen LogP contribution in [0.1, 0.15) is 36.1 Å². The highest BCUT2D eigenvalue weighted by Crippen LogP contribution is 2.34. The third kappa shape index (κ3) is 4.50. The summed E-state index contributed by atoms with van der Waals surface area (Å²) in [4.78, 5) is 6.01. The minimum Gasteiger partial charge on any atom is -0.382 e. The molecule has 1 aliphatic carbocycles. The number of benzene rings is 2. The minimum atomic E-state index is -0.602. The van der Waals surface area contributed by atoms with Crippen LogP contribution in [-0.2, 0) is 12.0 Å². The lowest BCUT2D eigenvalue weighted by molar-refractivity contribution is 0.242. The van der Waals surface area contributed by atoms with E-state index in [1.807, 2.05) is 0 Å². The fourth-order valence-electron chi connectivity index (χ4n) is 5.44. The molecule has 1 unspecified atom stereocenters.